The Morgan fingerprint density at radius 3 is 2.76 bits per heavy atom. The average molecular weight is 341 g/mol. The van der Waals surface area contributed by atoms with Crippen molar-refractivity contribution in [2.45, 2.75) is 25.3 Å². The van der Waals surface area contributed by atoms with Gasteiger partial charge in [-0.05, 0) is 24.1 Å². The third-order valence-corrected chi connectivity index (χ3v) is 3.72. The molecular formula is C18H19N3O4. The van der Waals surface area contributed by atoms with Crippen LogP contribution < -0.4 is 5.32 Å². The predicted octanol–water partition coefficient (Wildman–Crippen LogP) is 2.50. The highest BCUT2D eigenvalue weighted by atomic mass is 16.5. The average Bonchev–Trinajstić information content (AvgIpc) is 3.32. The van der Waals surface area contributed by atoms with Crippen molar-refractivity contribution >= 4 is 5.91 Å². The van der Waals surface area contributed by atoms with Crippen molar-refractivity contribution < 1.29 is 18.8 Å². The van der Waals surface area contributed by atoms with E-state index in [1.54, 1.807) is 18.4 Å². The lowest BCUT2D eigenvalue weighted by molar-refractivity contribution is -0.122. The van der Waals surface area contributed by atoms with Gasteiger partial charge in [0.05, 0.1) is 18.9 Å². The summed E-state index contributed by atoms with van der Waals surface area (Å²) in [5.74, 6) is 1.27. The Kier molecular flexibility index (Phi) is 5.58. The highest BCUT2D eigenvalue weighted by Crippen LogP contribution is 2.17. The minimum absolute atomic E-state index is 0.131. The predicted molar refractivity (Wildman–Crippen MR) is 89.3 cm³/mol. The normalized spacial score (nSPS) is 12.0. The quantitative estimate of drug-likeness (QED) is 0.653. The molecule has 130 valence electrons. The first-order valence-electron chi connectivity index (χ1n) is 8.08. The monoisotopic (exact) mass is 341 g/mol. The standard InChI is InChI=1S/C18H19N3O4/c22-12-14(13-6-2-1-3-7-13)19-16(23)9-4-10-17-20-18(21-25-17)15-8-5-11-24-15/h1-3,5-8,11,14,22H,4,9-10,12H2,(H,19,23). The number of rotatable bonds is 8. The van der Waals surface area contributed by atoms with E-state index < -0.39 is 6.04 Å². The van der Waals surface area contributed by atoms with Crippen LogP contribution in [0.5, 0.6) is 0 Å². The lowest BCUT2D eigenvalue weighted by Gasteiger charge is -2.16. The summed E-state index contributed by atoms with van der Waals surface area (Å²) < 4.78 is 10.3. The molecule has 0 saturated carbocycles. The van der Waals surface area contributed by atoms with E-state index >= 15 is 0 Å². The molecule has 0 spiro atoms. The molecule has 0 aliphatic heterocycles. The van der Waals surface area contributed by atoms with Gasteiger partial charge in [-0.2, -0.15) is 4.98 Å². The molecule has 2 aromatic heterocycles. The van der Waals surface area contributed by atoms with Crippen LogP contribution >= 0.6 is 0 Å². The van der Waals surface area contributed by atoms with Crippen LogP contribution in [0.15, 0.2) is 57.7 Å². The molecule has 1 amide bonds. The third-order valence-electron chi connectivity index (χ3n) is 3.72. The minimum Gasteiger partial charge on any atom is -0.461 e. The molecule has 0 bridgehead atoms. The number of amides is 1. The van der Waals surface area contributed by atoms with E-state index in [0.717, 1.165) is 5.56 Å². The van der Waals surface area contributed by atoms with Crippen LogP contribution in [0.2, 0.25) is 0 Å². The molecule has 3 rings (SSSR count). The first-order valence-corrected chi connectivity index (χ1v) is 8.08. The summed E-state index contributed by atoms with van der Waals surface area (Å²) >= 11 is 0. The van der Waals surface area contributed by atoms with Crippen LogP contribution in [0.1, 0.15) is 30.3 Å². The number of aliphatic hydroxyl groups is 1. The summed E-state index contributed by atoms with van der Waals surface area (Å²) in [7, 11) is 0. The minimum atomic E-state index is -0.400. The number of aliphatic hydroxyl groups excluding tert-OH is 1. The highest BCUT2D eigenvalue weighted by molar-refractivity contribution is 5.76. The van der Waals surface area contributed by atoms with E-state index in [0.29, 0.717) is 36.7 Å². The molecule has 0 saturated heterocycles. The molecule has 25 heavy (non-hydrogen) atoms. The molecule has 0 aliphatic carbocycles. The first kappa shape index (κ1) is 16.9. The van der Waals surface area contributed by atoms with Crippen molar-refractivity contribution in [3.8, 4) is 11.6 Å². The number of furan rings is 1. The van der Waals surface area contributed by atoms with Crippen molar-refractivity contribution in [2.24, 2.45) is 0 Å². The molecule has 2 N–H and O–H groups in total. The first-order chi connectivity index (χ1) is 12.3. The van der Waals surface area contributed by atoms with Gasteiger partial charge in [0.2, 0.25) is 17.6 Å². The largest absolute Gasteiger partial charge is 0.461 e. The van der Waals surface area contributed by atoms with Crippen LogP contribution in [-0.4, -0.2) is 27.8 Å². The summed E-state index contributed by atoms with van der Waals surface area (Å²) in [6.07, 6.45) is 2.91. The molecule has 1 atom stereocenters. The van der Waals surface area contributed by atoms with Crippen molar-refractivity contribution in [1.82, 2.24) is 15.5 Å². The number of aromatic nitrogens is 2. The number of carbonyl (C=O) groups excluding carboxylic acids is 1. The molecule has 0 fully saturated rings. The Labute approximate surface area is 144 Å². The maximum atomic E-state index is 12.1. The van der Waals surface area contributed by atoms with Crippen LogP contribution in [-0.2, 0) is 11.2 Å². The summed E-state index contributed by atoms with van der Waals surface area (Å²) in [4.78, 5) is 16.3. The molecule has 2 heterocycles. The molecular weight excluding hydrogens is 322 g/mol. The molecule has 1 aromatic carbocycles. The molecule has 7 nitrogen and oxygen atoms in total. The molecule has 0 aliphatic rings. The Bertz CT molecular complexity index is 784. The Morgan fingerprint density at radius 1 is 1.20 bits per heavy atom. The maximum absolute atomic E-state index is 12.1. The van der Waals surface area contributed by atoms with Gasteiger partial charge in [0.25, 0.3) is 0 Å². The van der Waals surface area contributed by atoms with Gasteiger partial charge in [0.1, 0.15) is 0 Å². The van der Waals surface area contributed by atoms with Gasteiger partial charge in [-0.15, -0.1) is 0 Å². The van der Waals surface area contributed by atoms with Crippen LogP contribution in [0.3, 0.4) is 0 Å². The third kappa shape index (κ3) is 4.54. The lowest BCUT2D eigenvalue weighted by Crippen LogP contribution is -2.30. The number of nitrogens with one attached hydrogen (secondary N) is 1. The zero-order valence-corrected chi connectivity index (χ0v) is 13.6. The zero-order valence-electron chi connectivity index (χ0n) is 13.6. The van der Waals surface area contributed by atoms with Gasteiger partial charge in [0, 0.05) is 12.8 Å². The van der Waals surface area contributed by atoms with Gasteiger partial charge < -0.3 is 19.4 Å². The van der Waals surface area contributed by atoms with Crippen molar-refractivity contribution in [1.29, 1.82) is 0 Å². The van der Waals surface area contributed by atoms with Crippen LogP contribution in [0.25, 0.3) is 11.6 Å². The summed E-state index contributed by atoms with van der Waals surface area (Å²) in [5.41, 5.74) is 0.873. The Balaban J connectivity index is 1.46. The van der Waals surface area contributed by atoms with E-state index in [1.165, 1.54) is 0 Å². The molecule has 1 unspecified atom stereocenters. The second-order valence-electron chi connectivity index (χ2n) is 5.56. The second kappa shape index (κ2) is 8.25. The number of hydrogen-bond donors (Lipinski definition) is 2. The van der Waals surface area contributed by atoms with Crippen LogP contribution in [0.4, 0.5) is 0 Å². The van der Waals surface area contributed by atoms with E-state index in [-0.39, 0.29) is 12.5 Å². The van der Waals surface area contributed by atoms with Gasteiger partial charge in [-0.25, -0.2) is 0 Å². The zero-order chi connectivity index (χ0) is 17.5. The van der Waals surface area contributed by atoms with Gasteiger partial charge in [0.15, 0.2) is 5.76 Å². The van der Waals surface area contributed by atoms with Gasteiger partial charge in [-0.3, -0.25) is 4.79 Å². The number of carbonyl (C=O) groups is 1. The topological polar surface area (TPSA) is 101 Å². The summed E-state index contributed by atoms with van der Waals surface area (Å²) in [6, 6.07) is 12.5. The van der Waals surface area contributed by atoms with Gasteiger partial charge >= 0.3 is 0 Å². The number of aryl methyl sites for hydroxylation is 1. The molecule has 3 aromatic rings. The molecule has 0 radical (unpaired) electrons. The number of hydrogen-bond acceptors (Lipinski definition) is 6. The fourth-order valence-corrected chi connectivity index (χ4v) is 2.45. The fourth-order valence-electron chi connectivity index (χ4n) is 2.45. The summed E-state index contributed by atoms with van der Waals surface area (Å²) in [5, 5.41) is 16.1. The Hall–Kier alpha value is -2.93. The van der Waals surface area contributed by atoms with Gasteiger partial charge in [-0.1, -0.05) is 35.5 Å². The van der Waals surface area contributed by atoms with E-state index in [9.17, 15) is 9.90 Å². The van der Waals surface area contributed by atoms with Crippen molar-refractivity contribution in [3.05, 3.63) is 60.2 Å². The number of benzene rings is 1. The Morgan fingerprint density at radius 2 is 2.04 bits per heavy atom. The van der Waals surface area contributed by atoms with Crippen molar-refractivity contribution in [3.63, 3.8) is 0 Å². The van der Waals surface area contributed by atoms with E-state index in [2.05, 4.69) is 15.5 Å². The van der Waals surface area contributed by atoms with E-state index in [4.69, 9.17) is 8.94 Å². The SMILES string of the molecule is O=C(CCCc1nc(-c2ccco2)no1)NC(CO)c1ccccc1. The second-order valence-corrected chi connectivity index (χ2v) is 5.56. The smallest absolute Gasteiger partial charge is 0.238 e. The highest BCUT2D eigenvalue weighted by Gasteiger charge is 2.14. The maximum Gasteiger partial charge on any atom is 0.238 e. The van der Waals surface area contributed by atoms with E-state index in [1.807, 2.05) is 30.3 Å². The lowest BCUT2D eigenvalue weighted by atomic mass is 10.1. The summed E-state index contributed by atoms with van der Waals surface area (Å²) in [6.45, 7) is -0.147. The fraction of sp³-hybridized carbons (Fsp3) is 0.278. The van der Waals surface area contributed by atoms with Crippen molar-refractivity contribution in [2.75, 3.05) is 6.61 Å². The van der Waals surface area contributed by atoms with Crippen LogP contribution in [0, 0.1) is 0 Å². The molecule has 7 heteroatoms. The number of nitrogens with zero attached hydrogens (tertiary/aromatic N) is 2.